The molecule has 0 saturated carbocycles. The first-order valence-electron chi connectivity index (χ1n) is 8.29. The number of rotatable bonds is 8. The molecule has 4 nitrogen and oxygen atoms in total. The van der Waals surface area contributed by atoms with Crippen LogP contribution in [0.2, 0.25) is 0 Å². The first-order valence-corrected chi connectivity index (χ1v) is 9.28. The molecule has 1 amide bonds. The maximum absolute atomic E-state index is 12.8. The molecule has 1 heterocycles. The highest BCUT2D eigenvalue weighted by Crippen LogP contribution is 2.18. The Bertz CT molecular complexity index is 799. The predicted molar refractivity (Wildman–Crippen MR) is 99.2 cm³/mol. The van der Waals surface area contributed by atoms with Crippen molar-refractivity contribution >= 4 is 28.7 Å². The van der Waals surface area contributed by atoms with Crippen LogP contribution in [-0.2, 0) is 11.2 Å². The summed E-state index contributed by atoms with van der Waals surface area (Å²) in [6.45, 7) is 0.646. The first-order chi connectivity index (χ1) is 12.2. The van der Waals surface area contributed by atoms with Crippen molar-refractivity contribution in [2.45, 2.75) is 24.2 Å². The van der Waals surface area contributed by atoms with Crippen molar-refractivity contribution in [3.63, 3.8) is 0 Å². The summed E-state index contributed by atoms with van der Waals surface area (Å²) in [5.41, 5.74) is 1.92. The van der Waals surface area contributed by atoms with E-state index in [1.165, 1.54) is 12.1 Å². The zero-order valence-electron chi connectivity index (χ0n) is 13.8. The minimum absolute atomic E-state index is 0.0345. The van der Waals surface area contributed by atoms with E-state index in [1.54, 1.807) is 23.9 Å². The number of hydrogen-bond acceptors (Lipinski definition) is 3. The SMILES string of the molecule is O=C(CCc1nc2ccccc2[nH]1)NCCCSc1ccc(F)cc1. The van der Waals surface area contributed by atoms with E-state index < -0.39 is 0 Å². The van der Waals surface area contributed by atoms with Crippen LogP contribution in [0.25, 0.3) is 11.0 Å². The molecule has 0 unspecified atom stereocenters. The lowest BCUT2D eigenvalue weighted by atomic mass is 10.3. The average molecular weight is 357 g/mol. The fourth-order valence-electron chi connectivity index (χ4n) is 2.47. The molecular formula is C19H20FN3OS. The Labute approximate surface area is 150 Å². The zero-order valence-corrected chi connectivity index (χ0v) is 14.6. The van der Waals surface area contributed by atoms with Gasteiger partial charge in [-0.05, 0) is 48.6 Å². The van der Waals surface area contributed by atoms with Crippen LogP contribution >= 0.6 is 11.8 Å². The van der Waals surface area contributed by atoms with Gasteiger partial charge in [0, 0.05) is 24.3 Å². The number of fused-ring (bicyclic) bond motifs is 1. The summed E-state index contributed by atoms with van der Waals surface area (Å²) >= 11 is 1.66. The number of aromatic nitrogens is 2. The van der Waals surface area contributed by atoms with Crippen LogP contribution in [0.5, 0.6) is 0 Å². The minimum Gasteiger partial charge on any atom is -0.356 e. The lowest BCUT2D eigenvalue weighted by Gasteiger charge is -2.05. The smallest absolute Gasteiger partial charge is 0.220 e. The second kappa shape index (κ2) is 8.67. The van der Waals surface area contributed by atoms with Gasteiger partial charge >= 0.3 is 0 Å². The molecule has 2 N–H and O–H groups in total. The van der Waals surface area contributed by atoms with Gasteiger partial charge in [0.1, 0.15) is 11.6 Å². The molecule has 0 radical (unpaired) electrons. The summed E-state index contributed by atoms with van der Waals surface area (Å²) in [7, 11) is 0. The van der Waals surface area contributed by atoms with Gasteiger partial charge in [-0.3, -0.25) is 4.79 Å². The molecule has 1 aromatic heterocycles. The van der Waals surface area contributed by atoms with E-state index in [9.17, 15) is 9.18 Å². The Morgan fingerprint density at radius 2 is 1.96 bits per heavy atom. The third-order valence-electron chi connectivity index (χ3n) is 3.75. The summed E-state index contributed by atoms with van der Waals surface area (Å²) in [5, 5.41) is 2.93. The molecule has 0 aliphatic heterocycles. The predicted octanol–water partition coefficient (Wildman–Crippen LogP) is 3.93. The van der Waals surface area contributed by atoms with Gasteiger partial charge in [0.05, 0.1) is 11.0 Å². The molecule has 0 aliphatic rings. The Morgan fingerprint density at radius 3 is 2.76 bits per heavy atom. The van der Waals surface area contributed by atoms with E-state index in [0.717, 1.165) is 33.9 Å². The molecule has 0 aliphatic carbocycles. The number of nitrogens with one attached hydrogen (secondary N) is 2. The highest BCUT2D eigenvalue weighted by Gasteiger charge is 2.06. The van der Waals surface area contributed by atoms with Crippen LogP contribution in [-0.4, -0.2) is 28.2 Å². The van der Waals surface area contributed by atoms with Gasteiger partial charge in [0.25, 0.3) is 0 Å². The number of halogens is 1. The van der Waals surface area contributed by atoms with Gasteiger partial charge in [0.15, 0.2) is 0 Å². The molecule has 0 bridgehead atoms. The number of aromatic amines is 1. The van der Waals surface area contributed by atoms with Crippen LogP contribution in [0, 0.1) is 5.82 Å². The molecule has 2 aromatic carbocycles. The normalized spacial score (nSPS) is 10.9. The molecule has 130 valence electrons. The highest BCUT2D eigenvalue weighted by molar-refractivity contribution is 7.99. The third-order valence-corrected chi connectivity index (χ3v) is 4.85. The Hall–Kier alpha value is -2.34. The number of para-hydroxylation sites is 2. The van der Waals surface area contributed by atoms with Crippen LogP contribution in [0.1, 0.15) is 18.7 Å². The van der Waals surface area contributed by atoms with Crippen molar-refractivity contribution in [1.82, 2.24) is 15.3 Å². The summed E-state index contributed by atoms with van der Waals surface area (Å²) in [6, 6.07) is 14.3. The fraction of sp³-hybridized carbons (Fsp3) is 0.263. The highest BCUT2D eigenvalue weighted by atomic mass is 32.2. The standard InChI is InChI=1S/C19H20FN3OS/c20-14-6-8-15(9-7-14)25-13-3-12-21-19(24)11-10-18-22-16-4-1-2-5-17(16)23-18/h1-2,4-9H,3,10-13H2,(H,21,24)(H,22,23). The van der Waals surface area contributed by atoms with Crippen molar-refractivity contribution in [3.05, 3.63) is 60.2 Å². The quantitative estimate of drug-likeness (QED) is 0.474. The van der Waals surface area contributed by atoms with Crippen LogP contribution in [0.4, 0.5) is 4.39 Å². The number of benzene rings is 2. The van der Waals surface area contributed by atoms with E-state index in [1.807, 2.05) is 24.3 Å². The number of hydrogen-bond donors (Lipinski definition) is 2. The van der Waals surface area contributed by atoms with Crippen LogP contribution in [0.15, 0.2) is 53.4 Å². The van der Waals surface area contributed by atoms with Gasteiger partial charge in [-0.25, -0.2) is 9.37 Å². The van der Waals surface area contributed by atoms with E-state index >= 15 is 0 Å². The second-order valence-electron chi connectivity index (χ2n) is 5.71. The van der Waals surface area contributed by atoms with E-state index in [4.69, 9.17) is 0 Å². The molecule has 0 spiro atoms. The minimum atomic E-state index is -0.221. The number of amides is 1. The largest absolute Gasteiger partial charge is 0.356 e. The molecule has 3 rings (SSSR count). The third kappa shape index (κ3) is 5.32. The lowest BCUT2D eigenvalue weighted by Crippen LogP contribution is -2.25. The Kier molecular flexibility index (Phi) is 6.06. The second-order valence-corrected chi connectivity index (χ2v) is 6.87. The van der Waals surface area contributed by atoms with Gasteiger partial charge in [-0.1, -0.05) is 12.1 Å². The number of thioether (sulfide) groups is 1. The van der Waals surface area contributed by atoms with Crippen molar-refractivity contribution in [2.75, 3.05) is 12.3 Å². The Morgan fingerprint density at radius 1 is 1.16 bits per heavy atom. The summed E-state index contributed by atoms with van der Waals surface area (Å²) < 4.78 is 12.8. The monoisotopic (exact) mass is 357 g/mol. The first kappa shape index (κ1) is 17.5. The maximum Gasteiger partial charge on any atom is 0.220 e. The van der Waals surface area contributed by atoms with Crippen molar-refractivity contribution < 1.29 is 9.18 Å². The lowest BCUT2D eigenvalue weighted by molar-refractivity contribution is -0.121. The van der Waals surface area contributed by atoms with Gasteiger partial charge in [-0.15, -0.1) is 11.8 Å². The zero-order chi connectivity index (χ0) is 17.5. The van der Waals surface area contributed by atoms with Crippen LogP contribution in [0.3, 0.4) is 0 Å². The molecule has 3 aromatic rings. The topological polar surface area (TPSA) is 57.8 Å². The number of aryl methyl sites for hydroxylation is 1. The molecule has 25 heavy (non-hydrogen) atoms. The number of carbonyl (C=O) groups excluding carboxylic acids is 1. The summed E-state index contributed by atoms with van der Waals surface area (Å²) in [4.78, 5) is 20.6. The maximum atomic E-state index is 12.8. The number of H-pyrrole nitrogens is 1. The fourth-order valence-corrected chi connectivity index (χ4v) is 3.32. The summed E-state index contributed by atoms with van der Waals surface area (Å²) in [5.74, 6) is 1.53. The van der Waals surface area contributed by atoms with Gasteiger partial charge in [0.2, 0.25) is 5.91 Å². The van der Waals surface area contributed by atoms with E-state index in [-0.39, 0.29) is 11.7 Å². The van der Waals surface area contributed by atoms with Gasteiger partial charge in [-0.2, -0.15) is 0 Å². The molecule has 0 atom stereocenters. The Balaban J connectivity index is 1.32. The van der Waals surface area contributed by atoms with E-state index in [2.05, 4.69) is 15.3 Å². The van der Waals surface area contributed by atoms with Crippen molar-refractivity contribution in [1.29, 1.82) is 0 Å². The summed E-state index contributed by atoms with van der Waals surface area (Å²) in [6.07, 6.45) is 1.90. The molecule has 6 heteroatoms. The van der Waals surface area contributed by atoms with E-state index in [0.29, 0.717) is 19.4 Å². The molecule has 0 saturated heterocycles. The van der Waals surface area contributed by atoms with Crippen molar-refractivity contribution in [3.8, 4) is 0 Å². The number of carbonyl (C=O) groups is 1. The van der Waals surface area contributed by atoms with Gasteiger partial charge < -0.3 is 10.3 Å². The average Bonchev–Trinajstić information content (AvgIpc) is 3.04. The van der Waals surface area contributed by atoms with Crippen LogP contribution < -0.4 is 5.32 Å². The molecule has 0 fully saturated rings. The van der Waals surface area contributed by atoms with Crippen molar-refractivity contribution in [2.24, 2.45) is 0 Å². The number of nitrogens with zero attached hydrogens (tertiary/aromatic N) is 1. The molecular weight excluding hydrogens is 337 g/mol. The number of imidazole rings is 1.